The predicted octanol–water partition coefficient (Wildman–Crippen LogP) is 2.16. The van der Waals surface area contributed by atoms with Crippen LogP contribution in [-0.4, -0.2) is 6.41 Å². The molecule has 1 aromatic rings. The van der Waals surface area contributed by atoms with Crippen molar-refractivity contribution in [3.05, 3.63) is 28.5 Å². The highest BCUT2D eigenvalue weighted by Gasteiger charge is 1.98. The van der Waals surface area contributed by atoms with E-state index in [4.69, 9.17) is 0 Å². The topological polar surface area (TPSA) is 29.1 Å². The van der Waals surface area contributed by atoms with Crippen molar-refractivity contribution in [1.82, 2.24) is 0 Å². The molecule has 0 fully saturated rings. The first-order valence-corrected chi connectivity index (χ1v) is 3.68. The molecule has 1 rings (SSSR count). The summed E-state index contributed by atoms with van der Waals surface area (Å²) in [5.74, 6) is -0.340. The van der Waals surface area contributed by atoms with Gasteiger partial charge in [0.15, 0.2) is 0 Å². The molecule has 2 nitrogen and oxygen atoms in total. The van der Waals surface area contributed by atoms with Crippen molar-refractivity contribution in [3.8, 4) is 0 Å². The molecule has 0 radical (unpaired) electrons. The van der Waals surface area contributed by atoms with E-state index in [1.165, 1.54) is 18.2 Å². The molecule has 0 aliphatic rings. The summed E-state index contributed by atoms with van der Waals surface area (Å²) < 4.78 is 13.0. The Kier molecular flexibility index (Phi) is 2.59. The van der Waals surface area contributed by atoms with Gasteiger partial charge >= 0.3 is 0 Å². The lowest BCUT2D eigenvalue weighted by Gasteiger charge is -2.00. The molecule has 0 bridgehead atoms. The average molecular weight is 218 g/mol. The van der Waals surface area contributed by atoms with Crippen LogP contribution in [0, 0.1) is 5.82 Å². The van der Waals surface area contributed by atoms with Gasteiger partial charge in [-0.2, -0.15) is 0 Å². The summed E-state index contributed by atoms with van der Waals surface area (Å²) >= 11 is 3.09. The van der Waals surface area contributed by atoms with Gasteiger partial charge in [-0.3, -0.25) is 4.79 Å². The second-order valence-corrected chi connectivity index (χ2v) is 2.74. The maximum absolute atomic E-state index is 12.4. The van der Waals surface area contributed by atoms with Gasteiger partial charge < -0.3 is 5.32 Å². The van der Waals surface area contributed by atoms with Gasteiger partial charge in [0.2, 0.25) is 6.41 Å². The number of halogens is 2. The van der Waals surface area contributed by atoms with E-state index in [1.807, 2.05) is 0 Å². The van der Waals surface area contributed by atoms with Gasteiger partial charge in [-0.1, -0.05) is 0 Å². The zero-order valence-electron chi connectivity index (χ0n) is 5.47. The summed E-state index contributed by atoms with van der Waals surface area (Å²) in [6, 6.07) is 4.04. The Morgan fingerprint density at radius 3 is 2.82 bits per heavy atom. The first-order valence-electron chi connectivity index (χ1n) is 2.89. The summed E-state index contributed by atoms with van der Waals surface area (Å²) in [5.41, 5.74) is 0.557. The quantitative estimate of drug-likeness (QED) is 0.757. The molecule has 0 aromatic heterocycles. The van der Waals surface area contributed by atoms with Crippen LogP contribution in [0.3, 0.4) is 0 Å². The molecule has 0 unspecified atom stereocenters. The third-order valence-electron chi connectivity index (χ3n) is 1.15. The van der Waals surface area contributed by atoms with E-state index in [2.05, 4.69) is 21.2 Å². The molecule has 4 heteroatoms. The van der Waals surface area contributed by atoms with Gasteiger partial charge in [-0.15, -0.1) is 0 Å². The van der Waals surface area contributed by atoms with Gasteiger partial charge in [-0.25, -0.2) is 4.39 Å². The Bertz CT molecular complexity index is 277. The first-order chi connectivity index (χ1) is 5.24. The van der Waals surface area contributed by atoms with Crippen LogP contribution in [0.25, 0.3) is 0 Å². The van der Waals surface area contributed by atoms with Crippen molar-refractivity contribution < 1.29 is 9.18 Å². The molecule has 0 saturated heterocycles. The standard InChI is InChI=1S/C7H5BrFNO/c8-6-3-5(9)1-2-7(6)10-4-11/h1-4H,(H,10,11). The van der Waals surface area contributed by atoms with Crippen LogP contribution in [0.4, 0.5) is 10.1 Å². The van der Waals surface area contributed by atoms with Crippen molar-refractivity contribution in [1.29, 1.82) is 0 Å². The number of carbonyl (C=O) groups excluding carboxylic acids is 1. The van der Waals surface area contributed by atoms with E-state index < -0.39 is 0 Å². The number of nitrogens with one attached hydrogen (secondary N) is 1. The summed E-state index contributed by atoms with van der Waals surface area (Å²) in [7, 11) is 0. The number of benzene rings is 1. The number of anilines is 1. The summed E-state index contributed by atoms with van der Waals surface area (Å²) in [6.07, 6.45) is 0.540. The number of carbonyl (C=O) groups is 1. The summed E-state index contributed by atoms with van der Waals surface area (Å²) in [6.45, 7) is 0. The lowest BCUT2D eigenvalue weighted by Crippen LogP contribution is -1.94. The highest BCUT2D eigenvalue weighted by atomic mass is 79.9. The van der Waals surface area contributed by atoms with Crippen LogP contribution in [0.5, 0.6) is 0 Å². The second-order valence-electron chi connectivity index (χ2n) is 1.89. The van der Waals surface area contributed by atoms with Gasteiger partial charge in [-0.05, 0) is 34.1 Å². The van der Waals surface area contributed by atoms with Crippen LogP contribution in [-0.2, 0) is 4.79 Å². The van der Waals surface area contributed by atoms with Crippen molar-refractivity contribution in [3.63, 3.8) is 0 Å². The molecule has 11 heavy (non-hydrogen) atoms. The average Bonchev–Trinajstić information content (AvgIpc) is 1.95. The van der Waals surface area contributed by atoms with Gasteiger partial charge in [0, 0.05) is 4.47 Å². The zero-order valence-corrected chi connectivity index (χ0v) is 7.06. The molecule has 0 heterocycles. The van der Waals surface area contributed by atoms with Crippen molar-refractivity contribution >= 4 is 28.0 Å². The number of rotatable bonds is 2. The monoisotopic (exact) mass is 217 g/mol. The number of amides is 1. The minimum absolute atomic E-state index is 0.340. The molecule has 1 N–H and O–H groups in total. The number of hydrogen-bond acceptors (Lipinski definition) is 1. The largest absolute Gasteiger partial charge is 0.328 e. The maximum Gasteiger partial charge on any atom is 0.211 e. The highest BCUT2D eigenvalue weighted by Crippen LogP contribution is 2.21. The molecule has 0 atom stereocenters. The molecule has 1 aromatic carbocycles. The van der Waals surface area contributed by atoms with E-state index in [0.29, 0.717) is 16.6 Å². The van der Waals surface area contributed by atoms with Crippen LogP contribution in [0.2, 0.25) is 0 Å². The number of hydrogen-bond donors (Lipinski definition) is 1. The fourth-order valence-electron chi connectivity index (χ4n) is 0.670. The van der Waals surface area contributed by atoms with Gasteiger partial charge in [0.1, 0.15) is 5.82 Å². The SMILES string of the molecule is O=CNc1ccc(F)cc1Br. The van der Waals surface area contributed by atoms with E-state index in [1.54, 1.807) is 0 Å². The molecule has 1 amide bonds. The molecule has 0 aliphatic heterocycles. The summed E-state index contributed by atoms with van der Waals surface area (Å²) in [5, 5.41) is 2.41. The Morgan fingerprint density at radius 1 is 1.55 bits per heavy atom. The van der Waals surface area contributed by atoms with Crippen molar-refractivity contribution in [2.24, 2.45) is 0 Å². The molecule has 0 aliphatic carbocycles. The zero-order chi connectivity index (χ0) is 8.27. The van der Waals surface area contributed by atoms with Crippen LogP contribution in [0.1, 0.15) is 0 Å². The molecular formula is C7H5BrFNO. The summed E-state index contributed by atoms with van der Waals surface area (Å²) in [4.78, 5) is 9.99. The van der Waals surface area contributed by atoms with Crippen LogP contribution < -0.4 is 5.32 Å². The van der Waals surface area contributed by atoms with Crippen LogP contribution >= 0.6 is 15.9 Å². The minimum atomic E-state index is -0.340. The highest BCUT2D eigenvalue weighted by molar-refractivity contribution is 9.10. The lowest BCUT2D eigenvalue weighted by molar-refractivity contribution is -0.105. The van der Waals surface area contributed by atoms with Crippen LogP contribution in [0.15, 0.2) is 22.7 Å². The fraction of sp³-hybridized carbons (Fsp3) is 0. The van der Waals surface area contributed by atoms with E-state index in [9.17, 15) is 9.18 Å². The maximum atomic E-state index is 12.4. The molecular weight excluding hydrogens is 213 g/mol. The second kappa shape index (κ2) is 3.48. The third-order valence-corrected chi connectivity index (χ3v) is 1.80. The normalized spacial score (nSPS) is 9.27. The molecule has 58 valence electrons. The molecule has 0 spiro atoms. The van der Waals surface area contributed by atoms with Gasteiger partial charge in [0.25, 0.3) is 0 Å². The van der Waals surface area contributed by atoms with Gasteiger partial charge in [0.05, 0.1) is 5.69 Å². The lowest BCUT2D eigenvalue weighted by atomic mass is 10.3. The smallest absolute Gasteiger partial charge is 0.211 e. The Labute approximate surface area is 71.5 Å². The van der Waals surface area contributed by atoms with E-state index in [0.717, 1.165) is 0 Å². The third kappa shape index (κ3) is 2.01. The van der Waals surface area contributed by atoms with Crippen molar-refractivity contribution in [2.45, 2.75) is 0 Å². The van der Waals surface area contributed by atoms with Crippen molar-refractivity contribution in [2.75, 3.05) is 5.32 Å². The minimum Gasteiger partial charge on any atom is -0.328 e. The Balaban J connectivity index is 2.98. The Morgan fingerprint density at radius 2 is 2.27 bits per heavy atom. The Hall–Kier alpha value is -0.900. The fourth-order valence-corrected chi connectivity index (χ4v) is 1.14. The predicted molar refractivity (Wildman–Crippen MR) is 43.8 cm³/mol. The van der Waals surface area contributed by atoms with E-state index in [-0.39, 0.29) is 5.82 Å². The first kappa shape index (κ1) is 8.20. The molecule has 0 saturated carbocycles. The van der Waals surface area contributed by atoms with E-state index >= 15 is 0 Å².